The zero-order valence-electron chi connectivity index (χ0n) is 15.1. The molecule has 1 aliphatic rings. The van der Waals surface area contributed by atoms with Crippen LogP contribution < -0.4 is 10.2 Å². The maximum Gasteiger partial charge on any atom is 0.262 e. The molecule has 2 heterocycles. The Hall–Kier alpha value is -2.55. The lowest BCUT2D eigenvalue weighted by Gasteiger charge is -2.23. The number of likely N-dealkylation sites (tertiary alicyclic amines) is 1. The predicted octanol–water partition coefficient (Wildman–Crippen LogP) is 2.69. The molecule has 1 saturated heterocycles. The third-order valence-corrected chi connectivity index (χ3v) is 4.95. The molecule has 1 aliphatic heterocycles. The van der Waals surface area contributed by atoms with Gasteiger partial charge in [-0.3, -0.25) is 4.79 Å². The molecule has 1 amide bonds. The van der Waals surface area contributed by atoms with Crippen LogP contribution in [0.2, 0.25) is 5.02 Å². The van der Waals surface area contributed by atoms with Crippen molar-refractivity contribution >= 4 is 23.6 Å². The van der Waals surface area contributed by atoms with E-state index in [9.17, 15) is 10.1 Å². The third-order valence-electron chi connectivity index (χ3n) is 4.71. The summed E-state index contributed by atoms with van der Waals surface area (Å²) < 4.78 is 5.74. The largest absolute Gasteiger partial charge is 0.457 e. The van der Waals surface area contributed by atoms with E-state index < -0.39 is 0 Å². The average molecular weight is 385 g/mol. The van der Waals surface area contributed by atoms with E-state index in [4.69, 9.17) is 16.0 Å². The highest BCUT2D eigenvalue weighted by molar-refractivity contribution is 6.30. The van der Waals surface area contributed by atoms with Gasteiger partial charge in [-0.15, -0.1) is 0 Å². The summed E-state index contributed by atoms with van der Waals surface area (Å²) in [6, 6.07) is 12.8. The molecule has 27 heavy (non-hydrogen) atoms. The summed E-state index contributed by atoms with van der Waals surface area (Å²) in [5.74, 6) is 0.725. The molecule has 0 unspecified atom stereocenters. The van der Waals surface area contributed by atoms with Gasteiger partial charge in [0.1, 0.15) is 23.2 Å². The van der Waals surface area contributed by atoms with Crippen molar-refractivity contribution in [2.24, 2.45) is 0 Å². The number of halogens is 1. The monoisotopic (exact) mass is 384 g/mol. The number of carbonyl (C=O) groups is 1. The van der Waals surface area contributed by atoms with Gasteiger partial charge < -0.3 is 14.6 Å². The van der Waals surface area contributed by atoms with Crippen LogP contribution in [0, 0.1) is 11.3 Å². The fourth-order valence-corrected chi connectivity index (χ4v) is 3.46. The second-order valence-electron chi connectivity index (χ2n) is 6.70. The van der Waals surface area contributed by atoms with Crippen molar-refractivity contribution in [1.82, 2.24) is 5.32 Å². The lowest BCUT2D eigenvalue weighted by Crippen LogP contribution is -3.13. The van der Waals surface area contributed by atoms with E-state index in [1.165, 1.54) is 30.2 Å². The van der Waals surface area contributed by atoms with Gasteiger partial charge in [-0.05, 0) is 43.5 Å². The number of nitrogens with one attached hydrogen (secondary N) is 2. The first kappa shape index (κ1) is 19.2. The molecule has 0 aliphatic carbocycles. The summed E-state index contributed by atoms with van der Waals surface area (Å²) in [7, 11) is 0. The Labute approximate surface area is 164 Å². The number of furan rings is 1. The Balaban J connectivity index is 1.60. The Morgan fingerprint density at radius 3 is 2.81 bits per heavy atom. The maximum absolute atomic E-state index is 12.3. The van der Waals surface area contributed by atoms with Crippen LogP contribution in [0.5, 0.6) is 0 Å². The minimum atomic E-state index is -0.366. The molecule has 0 saturated carbocycles. The number of piperidine rings is 1. The molecule has 1 aromatic heterocycles. The number of nitrogens with zero attached hydrogens (tertiary/aromatic N) is 1. The Bertz CT molecular complexity index is 860. The smallest absolute Gasteiger partial charge is 0.262 e. The molecule has 1 aromatic carbocycles. The SMILES string of the molecule is N#C/C(=C/c1ccc(-c2cccc(Cl)c2)o1)C(=O)NCC[NH+]1CCCCC1. The van der Waals surface area contributed by atoms with Crippen LogP contribution in [-0.4, -0.2) is 32.1 Å². The standard InChI is InChI=1S/C21H22ClN3O2/c22-18-6-4-5-16(13-18)20-8-7-19(27-20)14-17(15-23)21(26)24-9-12-25-10-2-1-3-11-25/h4-8,13-14H,1-3,9-12H2,(H,24,26)/p+1/b17-14-. The highest BCUT2D eigenvalue weighted by Crippen LogP contribution is 2.25. The quantitative estimate of drug-likeness (QED) is 0.594. The molecule has 0 atom stereocenters. The zero-order chi connectivity index (χ0) is 19.1. The molecule has 140 valence electrons. The van der Waals surface area contributed by atoms with Crippen LogP contribution in [0.15, 0.2) is 46.4 Å². The van der Waals surface area contributed by atoms with E-state index in [1.807, 2.05) is 18.2 Å². The number of carbonyl (C=O) groups excluding carboxylic acids is 1. The third kappa shape index (κ3) is 5.46. The van der Waals surface area contributed by atoms with Gasteiger partial charge in [0, 0.05) is 16.7 Å². The molecule has 0 radical (unpaired) electrons. The van der Waals surface area contributed by atoms with E-state index in [1.54, 1.807) is 24.3 Å². The van der Waals surface area contributed by atoms with Crippen molar-refractivity contribution in [2.45, 2.75) is 19.3 Å². The molecule has 3 rings (SSSR count). The van der Waals surface area contributed by atoms with E-state index in [2.05, 4.69) is 5.32 Å². The summed E-state index contributed by atoms with van der Waals surface area (Å²) in [5, 5.41) is 12.8. The summed E-state index contributed by atoms with van der Waals surface area (Å²) in [6.07, 6.45) is 5.27. The molecule has 0 spiro atoms. The first-order chi connectivity index (χ1) is 13.2. The molecule has 6 heteroatoms. The van der Waals surface area contributed by atoms with Gasteiger partial charge in [0.25, 0.3) is 5.91 Å². The lowest BCUT2D eigenvalue weighted by molar-refractivity contribution is -0.903. The molecular formula is C21H23ClN3O2+. The van der Waals surface area contributed by atoms with Crippen LogP contribution in [0.4, 0.5) is 0 Å². The van der Waals surface area contributed by atoms with E-state index >= 15 is 0 Å². The number of rotatable bonds is 6. The number of hydrogen-bond donors (Lipinski definition) is 2. The number of amides is 1. The minimum Gasteiger partial charge on any atom is -0.457 e. The van der Waals surface area contributed by atoms with Crippen LogP contribution in [0.1, 0.15) is 25.0 Å². The second kappa shape index (κ2) is 9.40. The van der Waals surface area contributed by atoms with Crippen LogP contribution in [-0.2, 0) is 4.79 Å². The molecule has 5 nitrogen and oxygen atoms in total. The first-order valence-electron chi connectivity index (χ1n) is 9.25. The van der Waals surface area contributed by atoms with Gasteiger partial charge >= 0.3 is 0 Å². The number of hydrogen-bond acceptors (Lipinski definition) is 3. The number of quaternary nitrogens is 1. The van der Waals surface area contributed by atoms with Crippen molar-refractivity contribution in [3.63, 3.8) is 0 Å². The van der Waals surface area contributed by atoms with E-state index in [-0.39, 0.29) is 11.5 Å². The van der Waals surface area contributed by atoms with Crippen LogP contribution in [0.3, 0.4) is 0 Å². The minimum absolute atomic E-state index is 0.0376. The summed E-state index contributed by atoms with van der Waals surface area (Å²) in [4.78, 5) is 13.8. The molecule has 1 fully saturated rings. The van der Waals surface area contributed by atoms with Gasteiger partial charge in [0.2, 0.25) is 0 Å². The first-order valence-corrected chi connectivity index (χ1v) is 9.63. The summed E-state index contributed by atoms with van der Waals surface area (Å²) in [5.41, 5.74) is 0.880. The Morgan fingerprint density at radius 1 is 1.26 bits per heavy atom. The lowest BCUT2D eigenvalue weighted by atomic mass is 10.1. The van der Waals surface area contributed by atoms with E-state index in [0.717, 1.165) is 25.2 Å². The average Bonchev–Trinajstić information content (AvgIpc) is 3.15. The highest BCUT2D eigenvalue weighted by Gasteiger charge is 2.15. The van der Waals surface area contributed by atoms with Crippen molar-refractivity contribution in [1.29, 1.82) is 5.26 Å². The fraction of sp³-hybridized carbons (Fsp3) is 0.333. The highest BCUT2D eigenvalue weighted by atomic mass is 35.5. The Morgan fingerprint density at radius 2 is 2.07 bits per heavy atom. The van der Waals surface area contributed by atoms with Gasteiger partial charge in [-0.2, -0.15) is 5.26 Å². The molecule has 0 bridgehead atoms. The fourth-order valence-electron chi connectivity index (χ4n) is 3.27. The van der Waals surface area contributed by atoms with Gasteiger partial charge in [0.15, 0.2) is 0 Å². The van der Waals surface area contributed by atoms with Gasteiger partial charge in [-0.25, -0.2) is 0 Å². The number of nitriles is 1. The predicted molar refractivity (Wildman–Crippen MR) is 105 cm³/mol. The van der Waals surface area contributed by atoms with Crippen molar-refractivity contribution in [3.05, 3.63) is 52.8 Å². The normalized spacial score (nSPS) is 15.3. The molecular weight excluding hydrogens is 362 g/mol. The summed E-state index contributed by atoms with van der Waals surface area (Å²) >= 11 is 6.00. The topological polar surface area (TPSA) is 70.5 Å². The molecule has 2 aromatic rings. The second-order valence-corrected chi connectivity index (χ2v) is 7.14. The van der Waals surface area contributed by atoms with Crippen LogP contribution >= 0.6 is 11.6 Å². The van der Waals surface area contributed by atoms with E-state index in [0.29, 0.717) is 23.1 Å². The van der Waals surface area contributed by atoms with Crippen molar-refractivity contribution in [2.75, 3.05) is 26.2 Å². The number of benzene rings is 1. The maximum atomic E-state index is 12.3. The van der Waals surface area contributed by atoms with Gasteiger partial charge in [0.05, 0.1) is 26.2 Å². The zero-order valence-corrected chi connectivity index (χ0v) is 15.9. The van der Waals surface area contributed by atoms with Crippen molar-refractivity contribution < 1.29 is 14.1 Å². The van der Waals surface area contributed by atoms with Crippen molar-refractivity contribution in [3.8, 4) is 17.4 Å². The summed E-state index contributed by atoms with van der Waals surface area (Å²) in [6.45, 7) is 3.79. The Kier molecular flexibility index (Phi) is 6.69. The van der Waals surface area contributed by atoms with Gasteiger partial charge in [-0.1, -0.05) is 23.7 Å². The van der Waals surface area contributed by atoms with Crippen LogP contribution in [0.25, 0.3) is 17.4 Å². The molecule has 2 N–H and O–H groups in total.